The van der Waals surface area contributed by atoms with Gasteiger partial charge < -0.3 is 5.32 Å². The molecule has 1 aromatic heterocycles. The number of anilines is 1. The molecule has 31 heavy (non-hydrogen) atoms. The monoisotopic (exact) mass is 442 g/mol. The molecule has 2 aromatic carbocycles. The van der Waals surface area contributed by atoms with Gasteiger partial charge in [0.15, 0.2) is 5.82 Å². The maximum Gasteiger partial charge on any atom is 0.442 e. The van der Waals surface area contributed by atoms with Crippen molar-refractivity contribution in [2.24, 2.45) is 0 Å². The zero-order valence-electron chi connectivity index (χ0n) is 16.9. The Morgan fingerprint density at radius 1 is 1.06 bits per heavy atom. The van der Waals surface area contributed by atoms with E-state index in [-0.39, 0.29) is 17.3 Å². The van der Waals surface area contributed by atoms with Crippen LogP contribution in [0.2, 0.25) is 0 Å². The summed E-state index contributed by atoms with van der Waals surface area (Å²) in [5.41, 5.74) is 2.13. The second kappa shape index (κ2) is 8.48. The van der Waals surface area contributed by atoms with Gasteiger partial charge in [-0.05, 0) is 44.0 Å². The number of aromatic nitrogens is 2. The van der Waals surface area contributed by atoms with Crippen LogP contribution in [0.3, 0.4) is 0 Å². The quantitative estimate of drug-likeness (QED) is 0.626. The fourth-order valence-electron chi connectivity index (χ4n) is 3.45. The third-order valence-electron chi connectivity index (χ3n) is 5.14. The van der Waals surface area contributed by atoms with Crippen molar-refractivity contribution in [3.63, 3.8) is 0 Å². The lowest BCUT2D eigenvalue weighted by atomic mass is 10.1. The summed E-state index contributed by atoms with van der Waals surface area (Å²) in [4.78, 5) is 24.7. The third-order valence-corrected chi connectivity index (χ3v) is 7.05. The highest BCUT2D eigenvalue weighted by molar-refractivity contribution is 7.89. The van der Waals surface area contributed by atoms with E-state index >= 15 is 0 Å². The van der Waals surface area contributed by atoms with Gasteiger partial charge in [-0.15, -0.1) is 0 Å². The Morgan fingerprint density at radius 2 is 1.71 bits per heavy atom. The van der Waals surface area contributed by atoms with E-state index in [9.17, 15) is 18.0 Å². The van der Waals surface area contributed by atoms with Crippen molar-refractivity contribution in [2.45, 2.75) is 31.2 Å². The maximum atomic E-state index is 12.6. The minimum Gasteiger partial charge on any atom is -0.325 e. The van der Waals surface area contributed by atoms with Crippen molar-refractivity contribution in [1.29, 1.82) is 0 Å². The smallest absolute Gasteiger partial charge is 0.325 e. The van der Waals surface area contributed by atoms with Crippen LogP contribution in [0.15, 0.2) is 62.7 Å². The van der Waals surface area contributed by atoms with Crippen LogP contribution in [0.1, 0.15) is 18.4 Å². The standard InChI is InChI=1S/C21H22N4O5S/c1-15-4-6-16(7-5-15)20-23-30-21(27)25(20)14-19(26)22-17-8-10-18(11-9-17)31(28,29)24-12-2-3-13-24/h4-11H,2-3,12-14H2,1H3,(H,22,26). The zero-order chi connectivity index (χ0) is 22.0. The summed E-state index contributed by atoms with van der Waals surface area (Å²) in [7, 11) is -3.52. The summed E-state index contributed by atoms with van der Waals surface area (Å²) in [5, 5.41) is 6.44. The van der Waals surface area contributed by atoms with Crippen molar-refractivity contribution < 1.29 is 17.7 Å². The molecule has 9 nitrogen and oxygen atoms in total. The van der Waals surface area contributed by atoms with Crippen molar-refractivity contribution in [3.05, 3.63) is 64.6 Å². The average molecular weight is 442 g/mol. The molecule has 1 aliphatic rings. The fourth-order valence-corrected chi connectivity index (χ4v) is 4.97. The van der Waals surface area contributed by atoms with Crippen LogP contribution < -0.4 is 11.1 Å². The first-order valence-electron chi connectivity index (χ1n) is 9.88. The molecule has 3 aromatic rings. The van der Waals surface area contributed by atoms with Gasteiger partial charge in [0.2, 0.25) is 15.9 Å². The molecule has 0 bridgehead atoms. The molecule has 10 heteroatoms. The van der Waals surface area contributed by atoms with Crippen LogP contribution in [-0.4, -0.2) is 41.4 Å². The Hall–Kier alpha value is -3.24. The predicted octanol–water partition coefficient (Wildman–Crippen LogP) is 2.23. The molecule has 1 aliphatic heterocycles. The van der Waals surface area contributed by atoms with Crippen molar-refractivity contribution in [3.8, 4) is 11.4 Å². The highest BCUT2D eigenvalue weighted by atomic mass is 32.2. The van der Waals surface area contributed by atoms with Crippen LogP contribution in [0, 0.1) is 6.92 Å². The lowest BCUT2D eigenvalue weighted by Gasteiger charge is -2.15. The molecule has 1 amide bonds. The van der Waals surface area contributed by atoms with Gasteiger partial charge in [-0.2, -0.15) is 4.31 Å². The SMILES string of the molecule is Cc1ccc(-c2noc(=O)n2CC(=O)Nc2ccc(S(=O)(=O)N3CCCC3)cc2)cc1. The first-order chi connectivity index (χ1) is 14.8. The van der Waals surface area contributed by atoms with E-state index in [0.717, 1.165) is 23.0 Å². The molecular formula is C21H22N4O5S. The Morgan fingerprint density at radius 3 is 2.35 bits per heavy atom. The van der Waals surface area contributed by atoms with E-state index < -0.39 is 21.7 Å². The summed E-state index contributed by atoms with van der Waals surface area (Å²) in [5.74, 6) is -0.946. The van der Waals surface area contributed by atoms with Gasteiger partial charge in [-0.25, -0.2) is 17.8 Å². The van der Waals surface area contributed by atoms with Gasteiger partial charge in [0, 0.05) is 24.3 Å². The van der Waals surface area contributed by atoms with E-state index in [0.29, 0.717) is 24.3 Å². The molecule has 0 saturated carbocycles. The average Bonchev–Trinajstić information content (AvgIpc) is 3.41. The molecule has 0 radical (unpaired) electrons. The number of amides is 1. The molecule has 0 spiro atoms. The Balaban J connectivity index is 1.47. The number of carbonyl (C=O) groups is 1. The van der Waals surface area contributed by atoms with E-state index in [1.165, 1.54) is 28.6 Å². The van der Waals surface area contributed by atoms with Crippen molar-refractivity contribution in [1.82, 2.24) is 14.0 Å². The minimum atomic E-state index is -3.52. The molecule has 162 valence electrons. The molecule has 4 rings (SSSR count). The Labute approximate surface area is 179 Å². The number of aryl methyl sites for hydroxylation is 1. The van der Waals surface area contributed by atoms with E-state index in [1.807, 2.05) is 19.1 Å². The molecule has 0 aliphatic carbocycles. The minimum absolute atomic E-state index is 0.185. The fraction of sp³-hybridized carbons (Fsp3) is 0.286. The van der Waals surface area contributed by atoms with Crippen molar-refractivity contribution >= 4 is 21.6 Å². The summed E-state index contributed by atoms with van der Waals surface area (Å²) in [6, 6.07) is 13.3. The summed E-state index contributed by atoms with van der Waals surface area (Å²) in [6.45, 7) is 2.70. The summed E-state index contributed by atoms with van der Waals surface area (Å²) >= 11 is 0. The molecule has 2 heterocycles. The number of benzene rings is 2. The van der Waals surface area contributed by atoms with E-state index in [4.69, 9.17) is 4.52 Å². The molecule has 1 saturated heterocycles. The normalized spacial score (nSPS) is 14.6. The third kappa shape index (κ3) is 4.44. The van der Waals surface area contributed by atoms with Gasteiger partial charge in [0.25, 0.3) is 0 Å². The van der Waals surface area contributed by atoms with Crippen LogP contribution in [0.5, 0.6) is 0 Å². The second-order valence-electron chi connectivity index (χ2n) is 7.41. The summed E-state index contributed by atoms with van der Waals surface area (Å²) in [6.07, 6.45) is 1.72. The van der Waals surface area contributed by atoms with Gasteiger partial charge in [0.05, 0.1) is 4.90 Å². The van der Waals surface area contributed by atoms with Crippen LogP contribution >= 0.6 is 0 Å². The number of carbonyl (C=O) groups excluding carboxylic acids is 1. The number of hydrogen-bond donors (Lipinski definition) is 1. The highest BCUT2D eigenvalue weighted by Gasteiger charge is 2.27. The highest BCUT2D eigenvalue weighted by Crippen LogP contribution is 2.22. The van der Waals surface area contributed by atoms with Gasteiger partial charge in [0.1, 0.15) is 6.54 Å². The maximum absolute atomic E-state index is 12.6. The topological polar surface area (TPSA) is 115 Å². The number of nitrogens with zero attached hydrogens (tertiary/aromatic N) is 3. The number of sulfonamides is 1. The van der Waals surface area contributed by atoms with Crippen molar-refractivity contribution in [2.75, 3.05) is 18.4 Å². The molecule has 1 fully saturated rings. The van der Waals surface area contributed by atoms with E-state index in [2.05, 4.69) is 10.5 Å². The van der Waals surface area contributed by atoms with Crippen LogP contribution in [0.25, 0.3) is 11.4 Å². The number of hydrogen-bond acceptors (Lipinski definition) is 6. The predicted molar refractivity (Wildman–Crippen MR) is 114 cm³/mol. The largest absolute Gasteiger partial charge is 0.442 e. The van der Waals surface area contributed by atoms with Crippen LogP contribution in [-0.2, 0) is 21.4 Å². The van der Waals surface area contributed by atoms with Gasteiger partial charge >= 0.3 is 5.76 Å². The van der Waals surface area contributed by atoms with E-state index in [1.54, 1.807) is 12.1 Å². The Bertz CT molecular complexity index is 1240. The number of rotatable bonds is 6. The van der Waals surface area contributed by atoms with Gasteiger partial charge in [-0.3, -0.25) is 9.32 Å². The first-order valence-corrected chi connectivity index (χ1v) is 11.3. The van der Waals surface area contributed by atoms with Crippen LogP contribution in [0.4, 0.5) is 5.69 Å². The number of nitrogens with one attached hydrogen (secondary N) is 1. The Kier molecular flexibility index (Phi) is 5.75. The molecule has 0 atom stereocenters. The molecular weight excluding hydrogens is 420 g/mol. The molecule has 1 N–H and O–H groups in total. The second-order valence-corrected chi connectivity index (χ2v) is 9.35. The lowest BCUT2D eigenvalue weighted by molar-refractivity contribution is -0.116. The molecule has 0 unspecified atom stereocenters. The first kappa shape index (κ1) is 21.0. The van der Waals surface area contributed by atoms with Gasteiger partial charge in [-0.1, -0.05) is 35.0 Å². The zero-order valence-corrected chi connectivity index (χ0v) is 17.8. The lowest BCUT2D eigenvalue weighted by Crippen LogP contribution is -2.28. The summed E-state index contributed by atoms with van der Waals surface area (Å²) < 4.78 is 32.5.